The van der Waals surface area contributed by atoms with Gasteiger partial charge in [-0.15, -0.1) is 10.2 Å². The molecule has 0 saturated heterocycles. The highest BCUT2D eigenvalue weighted by Gasteiger charge is 2.11. The quantitative estimate of drug-likeness (QED) is 0.881. The summed E-state index contributed by atoms with van der Waals surface area (Å²) in [4.78, 5) is 11.6. The second-order valence-electron chi connectivity index (χ2n) is 3.38. The van der Waals surface area contributed by atoms with Crippen LogP contribution in [0.4, 0.5) is 13.9 Å². The van der Waals surface area contributed by atoms with Crippen LogP contribution >= 0.6 is 11.3 Å². The zero-order valence-corrected chi connectivity index (χ0v) is 9.80. The highest BCUT2D eigenvalue weighted by Crippen LogP contribution is 2.11. The normalized spacial score (nSPS) is 10.3. The molecule has 1 heterocycles. The Kier molecular flexibility index (Phi) is 3.47. The molecular weight excluding hydrogens is 262 g/mol. The molecule has 1 aromatic carbocycles. The van der Waals surface area contributed by atoms with Crippen LogP contribution in [0.2, 0.25) is 0 Å². The van der Waals surface area contributed by atoms with Crippen LogP contribution < -0.4 is 11.1 Å². The van der Waals surface area contributed by atoms with Gasteiger partial charge in [0.1, 0.15) is 0 Å². The fourth-order valence-electron chi connectivity index (χ4n) is 1.23. The Bertz CT molecular complexity index is 587. The molecule has 2 rings (SSSR count). The van der Waals surface area contributed by atoms with Crippen LogP contribution in [0, 0.1) is 11.6 Å². The topological polar surface area (TPSA) is 80.9 Å². The number of benzene rings is 1. The van der Waals surface area contributed by atoms with E-state index in [-0.39, 0.29) is 16.7 Å². The molecule has 18 heavy (non-hydrogen) atoms. The van der Waals surface area contributed by atoms with Crippen molar-refractivity contribution in [1.29, 1.82) is 0 Å². The van der Waals surface area contributed by atoms with Gasteiger partial charge in [0.15, 0.2) is 11.6 Å². The average Bonchev–Trinajstić information content (AvgIpc) is 2.77. The molecule has 0 saturated carbocycles. The molecule has 0 aliphatic carbocycles. The van der Waals surface area contributed by atoms with Gasteiger partial charge in [0.25, 0.3) is 5.91 Å². The summed E-state index contributed by atoms with van der Waals surface area (Å²) in [6, 6.07) is 3.40. The van der Waals surface area contributed by atoms with Crippen molar-refractivity contribution in [2.45, 2.75) is 6.54 Å². The van der Waals surface area contributed by atoms with Crippen molar-refractivity contribution in [3.63, 3.8) is 0 Å². The third kappa shape index (κ3) is 2.77. The van der Waals surface area contributed by atoms with Crippen molar-refractivity contribution >= 4 is 22.4 Å². The predicted molar refractivity (Wildman–Crippen MR) is 61.8 cm³/mol. The lowest BCUT2D eigenvalue weighted by Gasteiger charge is -2.03. The van der Waals surface area contributed by atoms with Gasteiger partial charge in [-0.3, -0.25) is 4.79 Å². The molecule has 0 atom stereocenters. The first-order valence-corrected chi connectivity index (χ1v) is 5.69. The second-order valence-corrected chi connectivity index (χ2v) is 4.39. The summed E-state index contributed by atoms with van der Waals surface area (Å²) in [6.07, 6.45) is 0. The average molecular weight is 270 g/mol. The van der Waals surface area contributed by atoms with E-state index in [9.17, 15) is 13.6 Å². The molecule has 0 unspecified atom stereocenters. The van der Waals surface area contributed by atoms with Crippen LogP contribution in [0.15, 0.2) is 18.2 Å². The minimum atomic E-state index is -0.957. The maximum atomic E-state index is 12.9. The van der Waals surface area contributed by atoms with E-state index in [2.05, 4.69) is 15.5 Å². The highest BCUT2D eigenvalue weighted by atomic mass is 32.1. The summed E-state index contributed by atoms with van der Waals surface area (Å²) in [6.45, 7) is 0.0650. The van der Waals surface area contributed by atoms with Gasteiger partial charge in [-0.1, -0.05) is 17.4 Å². The number of anilines is 1. The molecule has 1 amide bonds. The fourth-order valence-corrected chi connectivity index (χ4v) is 1.76. The molecule has 8 heteroatoms. The lowest BCUT2D eigenvalue weighted by Crippen LogP contribution is -2.22. The van der Waals surface area contributed by atoms with Crippen molar-refractivity contribution in [2.75, 3.05) is 5.73 Å². The number of carbonyl (C=O) groups is 1. The van der Waals surface area contributed by atoms with Crippen LogP contribution in [0.5, 0.6) is 0 Å². The summed E-state index contributed by atoms with van der Waals surface area (Å²) >= 11 is 0.946. The van der Waals surface area contributed by atoms with Crippen molar-refractivity contribution < 1.29 is 13.6 Å². The van der Waals surface area contributed by atoms with E-state index in [4.69, 9.17) is 5.73 Å². The number of amides is 1. The third-order valence-electron chi connectivity index (χ3n) is 2.07. The molecule has 0 radical (unpaired) electrons. The lowest BCUT2D eigenvalue weighted by molar-refractivity contribution is 0.0949. The van der Waals surface area contributed by atoms with Gasteiger partial charge >= 0.3 is 0 Å². The van der Waals surface area contributed by atoms with E-state index in [0.29, 0.717) is 5.56 Å². The van der Waals surface area contributed by atoms with Crippen molar-refractivity contribution in [3.05, 3.63) is 40.4 Å². The maximum Gasteiger partial charge on any atom is 0.282 e. The molecule has 1 aromatic heterocycles. The molecule has 0 aliphatic rings. The van der Waals surface area contributed by atoms with E-state index < -0.39 is 17.5 Å². The van der Waals surface area contributed by atoms with E-state index in [1.54, 1.807) is 0 Å². The van der Waals surface area contributed by atoms with E-state index in [0.717, 1.165) is 23.5 Å². The molecule has 0 aliphatic heterocycles. The zero-order valence-electron chi connectivity index (χ0n) is 8.98. The molecule has 94 valence electrons. The van der Waals surface area contributed by atoms with Gasteiger partial charge in [0.2, 0.25) is 10.1 Å². The van der Waals surface area contributed by atoms with Crippen molar-refractivity contribution in [1.82, 2.24) is 15.5 Å². The summed E-state index contributed by atoms with van der Waals surface area (Å²) in [5.41, 5.74) is 5.78. The summed E-state index contributed by atoms with van der Waals surface area (Å²) in [7, 11) is 0. The number of nitrogen functional groups attached to an aromatic ring is 1. The summed E-state index contributed by atoms with van der Waals surface area (Å²) in [5, 5.41) is 9.86. The number of rotatable bonds is 3. The van der Waals surface area contributed by atoms with E-state index in [1.165, 1.54) is 6.07 Å². The first kappa shape index (κ1) is 12.4. The Balaban J connectivity index is 1.99. The Labute approximate surface area is 105 Å². The molecule has 2 aromatic rings. The van der Waals surface area contributed by atoms with Crippen LogP contribution in [0.1, 0.15) is 15.4 Å². The maximum absolute atomic E-state index is 12.9. The Morgan fingerprint density at radius 2 is 2.11 bits per heavy atom. The molecule has 5 nitrogen and oxygen atoms in total. The smallest absolute Gasteiger partial charge is 0.282 e. The highest BCUT2D eigenvalue weighted by molar-refractivity contribution is 7.16. The molecule has 3 N–H and O–H groups in total. The Morgan fingerprint density at radius 1 is 1.33 bits per heavy atom. The second kappa shape index (κ2) is 5.05. The van der Waals surface area contributed by atoms with Gasteiger partial charge < -0.3 is 11.1 Å². The monoisotopic (exact) mass is 270 g/mol. The third-order valence-corrected chi connectivity index (χ3v) is 2.82. The van der Waals surface area contributed by atoms with Gasteiger partial charge in [0, 0.05) is 6.54 Å². The predicted octanol–water partition coefficient (Wildman–Crippen LogP) is 1.33. The first-order chi connectivity index (χ1) is 8.56. The molecule has 0 fully saturated rings. The SMILES string of the molecule is Nc1nnc(C(=O)NCc2ccc(F)c(F)c2)s1. The van der Waals surface area contributed by atoms with Crippen molar-refractivity contribution in [2.24, 2.45) is 0 Å². The Hall–Kier alpha value is -2.09. The van der Waals surface area contributed by atoms with E-state index in [1.807, 2.05) is 0 Å². The summed E-state index contributed by atoms with van der Waals surface area (Å²) in [5.74, 6) is -2.35. The van der Waals surface area contributed by atoms with Gasteiger partial charge in [-0.2, -0.15) is 0 Å². The number of hydrogen-bond acceptors (Lipinski definition) is 5. The van der Waals surface area contributed by atoms with Crippen LogP contribution in [-0.2, 0) is 6.54 Å². The largest absolute Gasteiger partial charge is 0.374 e. The van der Waals surface area contributed by atoms with Crippen LogP contribution in [0.3, 0.4) is 0 Å². The minimum absolute atomic E-state index is 0.0650. The van der Waals surface area contributed by atoms with Gasteiger partial charge in [0.05, 0.1) is 0 Å². The van der Waals surface area contributed by atoms with E-state index >= 15 is 0 Å². The van der Waals surface area contributed by atoms with Crippen LogP contribution in [-0.4, -0.2) is 16.1 Å². The summed E-state index contributed by atoms with van der Waals surface area (Å²) < 4.78 is 25.6. The fraction of sp³-hybridized carbons (Fsp3) is 0.100. The molecule has 0 bridgehead atoms. The number of aromatic nitrogens is 2. The zero-order chi connectivity index (χ0) is 13.1. The number of nitrogens with two attached hydrogens (primary N) is 1. The Morgan fingerprint density at radius 3 is 2.72 bits per heavy atom. The van der Waals surface area contributed by atoms with Crippen LogP contribution in [0.25, 0.3) is 0 Å². The molecular formula is C10H8F2N4OS. The number of nitrogens with one attached hydrogen (secondary N) is 1. The van der Waals surface area contributed by atoms with Crippen molar-refractivity contribution in [3.8, 4) is 0 Å². The standard InChI is InChI=1S/C10H8F2N4OS/c11-6-2-1-5(3-7(6)12)4-14-8(17)9-15-16-10(13)18-9/h1-3H,4H2,(H2,13,16)(H,14,17). The number of carbonyl (C=O) groups excluding carboxylic acids is 1. The number of halogens is 2. The number of nitrogens with zero attached hydrogens (tertiary/aromatic N) is 2. The lowest BCUT2D eigenvalue weighted by atomic mass is 10.2. The number of hydrogen-bond donors (Lipinski definition) is 2. The minimum Gasteiger partial charge on any atom is -0.374 e. The first-order valence-electron chi connectivity index (χ1n) is 4.87. The van der Waals surface area contributed by atoms with Gasteiger partial charge in [-0.25, -0.2) is 8.78 Å². The van der Waals surface area contributed by atoms with Gasteiger partial charge in [-0.05, 0) is 17.7 Å². The molecule has 0 spiro atoms.